The zero-order valence-corrected chi connectivity index (χ0v) is 17.3. The monoisotopic (exact) mass is 406 g/mol. The van der Waals surface area contributed by atoms with Gasteiger partial charge in [-0.15, -0.1) is 0 Å². The summed E-state index contributed by atoms with van der Waals surface area (Å²) in [4.78, 5) is 4.61. The summed E-state index contributed by atoms with van der Waals surface area (Å²) in [6, 6.07) is 11.1. The number of benzene rings is 2. The van der Waals surface area contributed by atoms with E-state index in [1.165, 1.54) is 30.8 Å². The standard InChI is InChI=1S/C24H27FN4O/c1-27-12-14-29(15-13-27)26-18-21-16-20(17-23(25)24(21)30)5-4-19-6-8-22(9-7-19)28-10-2-3-11-28/h6-9,16-18,30H,2-3,10-15H2,1H3. The predicted molar refractivity (Wildman–Crippen MR) is 119 cm³/mol. The van der Waals surface area contributed by atoms with Crippen molar-refractivity contribution in [2.24, 2.45) is 5.10 Å². The lowest BCUT2D eigenvalue weighted by Crippen LogP contribution is -2.41. The number of nitrogens with zero attached hydrogens (tertiary/aromatic N) is 4. The van der Waals surface area contributed by atoms with Crippen molar-refractivity contribution in [3.8, 4) is 17.6 Å². The van der Waals surface area contributed by atoms with E-state index < -0.39 is 11.6 Å². The summed E-state index contributed by atoms with van der Waals surface area (Å²) in [6.07, 6.45) is 4.00. The van der Waals surface area contributed by atoms with Gasteiger partial charge in [-0.2, -0.15) is 5.10 Å². The lowest BCUT2D eigenvalue weighted by molar-refractivity contribution is 0.159. The van der Waals surface area contributed by atoms with Crippen LogP contribution >= 0.6 is 0 Å². The summed E-state index contributed by atoms with van der Waals surface area (Å²) in [7, 11) is 2.07. The highest BCUT2D eigenvalue weighted by molar-refractivity contribution is 5.84. The Balaban J connectivity index is 1.48. The zero-order chi connectivity index (χ0) is 20.9. The van der Waals surface area contributed by atoms with Crippen molar-refractivity contribution >= 4 is 11.9 Å². The molecule has 1 N–H and O–H groups in total. The minimum atomic E-state index is -0.689. The Kier molecular flexibility index (Phi) is 6.20. The van der Waals surface area contributed by atoms with E-state index in [0.717, 1.165) is 44.8 Å². The molecule has 0 aromatic heterocycles. The summed E-state index contributed by atoms with van der Waals surface area (Å²) < 4.78 is 14.2. The van der Waals surface area contributed by atoms with Crippen LogP contribution < -0.4 is 4.90 Å². The summed E-state index contributed by atoms with van der Waals surface area (Å²) in [6.45, 7) is 5.69. The molecule has 4 rings (SSSR count). The van der Waals surface area contributed by atoms with Crippen molar-refractivity contribution in [2.75, 3.05) is 51.2 Å². The third-order valence-corrected chi connectivity index (χ3v) is 5.62. The van der Waals surface area contributed by atoms with Crippen LogP contribution in [0.4, 0.5) is 10.1 Å². The van der Waals surface area contributed by atoms with E-state index in [0.29, 0.717) is 11.1 Å². The molecule has 0 spiro atoms. The molecule has 2 aliphatic rings. The zero-order valence-electron chi connectivity index (χ0n) is 17.3. The predicted octanol–water partition coefficient (Wildman–Crippen LogP) is 3.11. The molecule has 0 bridgehead atoms. The number of piperazine rings is 1. The number of hydrogen-bond donors (Lipinski definition) is 1. The maximum atomic E-state index is 14.2. The Hall–Kier alpha value is -3.04. The smallest absolute Gasteiger partial charge is 0.166 e. The minimum absolute atomic E-state index is 0.336. The summed E-state index contributed by atoms with van der Waals surface area (Å²) in [5, 5.41) is 16.4. The van der Waals surface area contributed by atoms with Crippen molar-refractivity contribution in [3.05, 3.63) is 58.9 Å². The molecule has 0 amide bonds. The molecule has 2 saturated heterocycles. The molecule has 5 nitrogen and oxygen atoms in total. The van der Waals surface area contributed by atoms with Crippen molar-refractivity contribution in [2.45, 2.75) is 12.8 Å². The number of hydrazone groups is 1. The Labute approximate surface area is 177 Å². The Bertz CT molecular complexity index is 963. The maximum Gasteiger partial charge on any atom is 0.166 e. The van der Waals surface area contributed by atoms with Gasteiger partial charge in [0.1, 0.15) is 0 Å². The highest BCUT2D eigenvalue weighted by Gasteiger charge is 2.13. The first-order chi connectivity index (χ1) is 14.6. The number of halogens is 1. The molecule has 30 heavy (non-hydrogen) atoms. The number of rotatable bonds is 3. The molecular formula is C24H27FN4O. The summed E-state index contributed by atoms with van der Waals surface area (Å²) in [5.74, 6) is 5.01. The number of anilines is 1. The van der Waals surface area contributed by atoms with Crippen LogP contribution in [0.1, 0.15) is 29.5 Å². The average molecular weight is 407 g/mol. The van der Waals surface area contributed by atoms with Gasteiger partial charge in [-0.1, -0.05) is 11.8 Å². The minimum Gasteiger partial charge on any atom is -0.504 e. The molecule has 2 aromatic carbocycles. The molecule has 2 heterocycles. The third-order valence-electron chi connectivity index (χ3n) is 5.62. The first kappa shape index (κ1) is 20.2. The molecule has 156 valence electrons. The van der Waals surface area contributed by atoms with Crippen LogP contribution in [0.2, 0.25) is 0 Å². The second-order valence-electron chi connectivity index (χ2n) is 7.89. The van der Waals surface area contributed by atoms with Crippen molar-refractivity contribution in [1.29, 1.82) is 0 Å². The van der Waals surface area contributed by atoms with Gasteiger partial charge in [0, 0.05) is 61.6 Å². The van der Waals surface area contributed by atoms with Crippen LogP contribution in [0.25, 0.3) is 0 Å². The molecule has 0 aliphatic carbocycles. The van der Waals surface area contributed by atoms with Gasteiger partial charge in [0.2, 0.25) is 0 Å². The van der Waals surface area contributed by atoms with Gasteiger partial charge in [0.25, 0.3) is 0 Å². The van der Waals surface area contributed by atoms with Crippen molar-refractivity contribution in [3.63, 3.8) is 0 Å². The van der Waals surface area contributed by atoms with Crippen molar-refractivity contribution in [1.82, 2.24) is 9.91 Å². The topological polar surface area (TPSA) is 42.3 Å². The second-order valence-corrected chi connectivity index (χ2v) is 7.89. The van der Waals surface area contributed by atoms with Crippen molar-refractivity contribution < 1.29 is 9.50 Å². The molecule has 2 fully saturated rings. The SMILES string of the molecule is CN1CCN(N=Cc2cc(C#Cc3ccc(N4CCCC4)cc3)cc(F)c2O)CC1. The molecular weight excluding hydrogens is 379 g/mol. The van der Waals surface area contributed by atoms with Crippen LogP contribution in [-0.2, 0) is 0 Å². The largest absolute Gasteiger partial charge is 0.504 e. The van der Waals surface area contributed by atoms with E-state index in [1.807, 2.05) is 17.1 Å². The molecule has 2 aliphatic heterocycles. The maximum absolute atomic E-state index is 14.2. The Morgan fingerprint density at radius 1 is 0.933 bits per heavy atom. The average Bonchev–Trinajstić information content (AvgIpc) is 3.30. The van der Waals surface area contributed by atoms with Crippen LogP contribution in [0.3, 0.4) is 0 Å². The van der Waals surface area contributed by atoms with E-state index in [9.17, 15) is 9.50 Å². The van der Waals surface area contributed by atoms with E-state index >= 15 is 0 Å². The lowest BCUT2D eigenvalue weighted by Gasteiger charge is -2.30. The highest BCUT2D eigenvalue weighted by Crippen LogP contribution is 2.22. The summed E-state index contributed by atoms with van der Waals surface area (Å²) in [5.41, 5.74) is 2.94. The fourth-order valence-electron chi connectivity index (χ4n) is 3.72. The number of phenolic OH excluding ortho intramolecular Hbond substituents is 1. The number of phenols is 1. The normalized spacial score (nSPS) is 17.4. The van der Waals surface area contributed by atoms with Crippen LogP contribution in [0, 0.1) is 17.7 Å². The van der Waals surface area contributed by atoms with Gasteiger partial charge in [0.05, 0.1) is 6.21 Å². The quantitative estimate of drug-likeness (QED) is 0.628. The van der Waals surface area contributed by atoms with Crippen LogP contribution in [0.15, 0.2) is 41.5 Å². The number of likely N-dealkylation sites (N-methyl/N-ethyl adjacent to an activating group) is 1. The van der Waals surface area contributed by atoms with E-state index in [1.54, 1.807) is 6.07 Å². The van der Waals surface area contributed by atoms with Gasteiger partial charge in [-0.3, -0.25) is 5.01 Å². The molecule has 0 unspecified atom stereocenters. The van der Waals surface area contributed by atoms with E-state index in [2.05, 4.69) is 45.9 Å². The first-order valence-corrected chi connectivity index (χ1v) is 10.5. The lowest BCUT2D eigenvalue weighted by atomic mass is 10.1. The number of hydrogen-bond acceptors (Lipinski definition) is 5. The summed E-state index contributed by atoms with van der Waals surface area (Å²) >= 11 is 0. The fourth-order valence-corrected chi connectivity index (χ4v) is 3.72. The fraction of sp³-hybridized carbons (Fsp3) is 0.375. The van der Waals surface area contributed by atoms with Crippen LogP contribution in [-0.4, -0.2) is 67.5 Å². The first-order valence-electron chi connectivity index (χ1n) is 10.5. The molecule has 0 radical (unpaired) electrons. The molecule has 0 saturated carbocycles. The number of aromatic hydroxyl groups is 1. The van der Waals surface area contributed by atoms with Gasteiger partial charge in [0.15, 0.2) is 11.6 Å². The highest BCUT2D eigenvalue weighted by atomic mass is 19.1. The van der Waals surface area contributed by atoms with Gasteiger partial charge >= 0.3 is 0 Å². The Morgan fingerprint density at radius 2 is 1.60 bits per heavy atom. The van der Waals surface area contributed by atoms with E-state index in [4.69, 9.17) is 0 Å². The van der Waals surface area contributed by atoms with E-state index in [-0.39, 0.29) is 0 Å². The van der Waals surface area contributed by atoms with Crippen LogP contribution in [0.5, 0.6) is 5.75 Å². The van der Waals surface area contributed by atoms with Gasteiger partial charge in [-0.05, 0) is 56.3 Å². The molecule has 0 atom stereocenters. The third kappa shape index (κ3) is 4.92. The van der Waals surface area contributed by atoms with Gasteiger partial charge in [-0.25, -0.2) is 4.39 Å². The second kappa shape index (κ2) is 9.19. The molecule has 2 aromatic rings. The Morgan fingerprint density at radius 3 is 2.30 bits per heavy atom. The van der Waals surface area contributed by atoms with Gasteiger partial charge < -0.3 is 14.9 Å². The molecule has 6 heteroatoms.